The molecule has 0 radical (unpaired) electrons. The molecule has 0 spiro atoms. The third kappa shape index (κ3) is 4.18. The Bertz CT molecular complexity index is 1260. The lowest BCUT2D eigenvalue weighted by Gasteiger charge is -2.09. The average molecular weight is 428 g/mol. The van der Waals surface area contributed by atoms with Gasteiger partial charge in [-0.25, -0.2) is 22.2 Å². The van der Waals surface area contributed by atoms with Gasteiger partial charge in [-0.1, -0.05) is 42.5 Å². The number of sulfonamides is 1. The zero-order valence-corrected chi connectivity index (χ0v) is 16.5. The van der Waals surface area contributed by atoms with E-state index in [2.05, 4.69) is 9.71 Å². The third-order valence-electron chi connectivity index (χ3n) is 4.16. The van der Waals surface area contributed by atoms with Crippen molar-refractivity contribution in [1.82, 2.24) is 4.98 Å². The van der Waals surface area contributed by atoms with Crippen molar-refractivity contribution in [1.29, 1.82) is 0 Å². The minimum atomic E-state index is -4.03. The van der Waals surface area contributed by atoms with Crippen LogP contribution in [0.15, 0.2) is 83.1 Å². The molecule has 0 bridgehead atoms. The highest BCUT2D eigenvalue weighted by atomic mass is 32.2. The van der Waals surface area contributed by atoms with Crippen molar-refractivity contribution in [2.24, 2.45) is 0 Å². The van der Waals surface area contributed by atoms with E-state index in [-0.39, 0.29) is 4.90 Å². The first-order valence-corrected chi connectivity index (χ1v) is 10.9. The largest absolute Gasteiger partial charge is 0.280 e. The molecule has 1 aromatic heterocycles. The normalized spacial score (nSPS) is 11.4. The SMILES string of the molecule is O=S(=O)(Nc1ccc(-c2csc(-c3ccccc3)n2)cc1)c1ccc(F)c(F)c1. The molecule has 0 saturated heterocycles. The maximum atomic E-state index is 13.3. The predicted octanol–water partition coefficient (Wildman–Crippen LogP) is 5.56. The van der Waals surface area contributed by atoms with Crippen LogP contribution in [0.2, 0.25) is 0 Å². The average Bonchev–Trinajstić information content (AvgIpc) is 3.21. The van der Waals surface area contributed by atoms with Crippen LogP contribution in [0, 0.1) is 11.6 Å². The molecule has 4 aromatic rings. The Morgan fingerprint density at radius 3 is 2.24 bits per heavy atom. The molecule has 1 heterocycles. The lowest BCUT2D eigenvalue weighted by Crippen LogP contribution is -2.13. The number of nitrogens with zero attached hydrogens (tertiary/aromatic N) is 1. The fourth-order valence-electron chi connectivity index (χ4n) is 2.69. The standard InChI is InChI=1S/C21H14F2N2O2S2/c22-18-11-10-17(12-19(18)23)29(26,27)25-16-8-6-14(7-9-16)20-13-28-21(24-20)15-4-2-1-3-5-15/h1-13,25H. The van der Waals surface area contributed by atoms with Crippen LogP contribution in [0.3, 0.4) is 0 Å². The van der Waals surface area contributed by atoms with Gasteiger partial charge in [0.2, 0.25) is 0 Å². The summed E-state index contributed by atoms with van der Waals surface area (Å²) in [4.78, 5) is 4.27. The summed E-state index contributed by atoms with van der Waals surface area (Å²) in [5.41, 5.74) is 2.94. The summed E-state index contributed by atoms with van der Waals surface area (Å²) in [7, 11) is -4.03. The minimum absolute atomic E-state index is 0.303. The van der Waals surface area contributed by atoms with E-state index in [0.717, 1.165) is 34.0 Å². The molecule has 0 aliphatic heterocycles. The van der Waals surface area contributed by atoms with Crippen LogP contribution in [-0.2, 0) is 10.0 Å². The van der Waals surface area contributed by atoms with Crippen LogP contribution in [0.4, 0.5) is 14.5 Å². The maximum Gasteiger partial charge on any atom is 0.261 e. The Balaban J connectivity index is 1.54. The van der Waals surface area contributed by atoms with Gasteiger partial charge in [0.05, 0.1) is 10.6 Å². The molecule has 8 heteroatoms. The van der Waals surface area contributed by atoms with Gasteiger partial charge in [-0.3, -0.25) is 4.72 Å². The van der Waals surface area contributed by atoms with Crippen LogP contribution in [0.1, 0.15) is 0 Å². The molecule has 0 atom stereocenters. The van der Waals surface area contributed by atoms with Crippen molar-refractivity contribution in [2.45, 2.75) is 4.90 Å². The van der Waals surface area contributed by atoms with Crippen LogP contribution >= 0.6 is 11.3 Å². The fraction of sp³-hybridized carbons (Fsp3) is 0. The van der Waals surface area contributed by atoms with Crippen molar-refractivity contribution in [3.05, 3.63) is 89.8 Å². The number of rotatable bonds is 5. The Morgan fingerprint density at radius 1 is 0.828 bits per heavy atom. The van der Waals surface area contributed by atoms with E-state index in [0.29, 0.717) is 11.8 Å². The van der Waals surface area contributed by atoms with Gasteiger partial charge in [-0.15, -0.1) is 11.3 Å². The molecule has 0 unspecified atom stereocenters. The van der Waals surface area contributed by atoms with E-state index in [1.165, 1.54) is 11.3 Å². The third-order valence-corrected chi connectivity index (χ3v) is 6.43. The number of hydrogen-bond acceptors (Lipinski definition) is 4. The van der Waals surface area contributed by atoms with E-state index in [1.54, 1.807) is 24.3 Å². The van der Waals surface area contributed by atoms with E-state index < -0.39 is 21.7 Å². The first-order chi connectivity index (χ1) is 13.9. The highest BCUT2D eigenvalue weighted by Gasteiger charge is 2.17. The highest BCUT2D eigenvalue weighted by molar-refractivity contribution is 7.92. The second-order valence-electron chi connectivity index (χ2n) is 6.16. The summed E-state index contributed by atoms with van der Waals surface area (Å²) in [6, 6.07) is 18.9. The fourth-order valence-corrected chi connectivity index (χ4v) is 4.59. The Hall–Kier alpha value is -3.10. The van der Waals surface area contributed by atoms with Crippen LogP contribution < -0.4 is 4.72 Å². The van der Waals surface area contributed by atoms with Gasteiger partial charge in [-0.05, 0) is 30.3 Å². The predicted molar refractivity (Wildman–Crippen MR) is 110 cm³/mol. The van der Waals surface area contributed by atoms with Gasteiger partial charge in [0, 0.05) is 22.2 Å². The van der Waals surface area contributed by atoms with Gasteiger partial charge in [0.25, 0.3) is 10.0 Å². The number of halogens is 2. The lowest BCUT2D eigenvalue weighted by atomic mass is 10.1. The number of benzene rings is 3. The van der Waals surface area contributed by atoms with Crippen molar-refractivity contribution in [3.63, 3.8) is 0 Å². The second-order valence-corrected chi connectivity index (χ2v) is 8.70. The summed E-state index contributed by atoms with van der Waals surface area (Å²) >= 11 is 1.52. The Kier molecular flexibility index (Phi) is 5.12. The number of thiazole rings is 1. The van der Waals surface area contributed by atoms with Crippen LogP contribution in [0.5, 0.6) is 0 Å². The summed E-state index contributed by atoms with van der Waals surface area (Å²) in [6.45, 7) is 0. The lowest BCUT2D eigenvalue weighted by molar-refractivity contribution is 0.504. The molecule has 0 aliphatic rings. The van der Waals surface area contributed by atoms with Gasteiger partial charge in [0.1, 0.15) is 5.01 Å². The second kappa shape index (κ2) is 7.73. The molecule has 0 saturated carbocycles. The number of hydrogen-bond donors (Lipinski definition) is 1. The molecule has 4 rings (SSSR count). The van der Waals surface area contributed by atoms with E-state index in [9.17, 15) is 17.2 Å². The smallest absolute Gasteiger partial charge is 0.261 e. The molecule has 3 aromatic carbocycles. The molecule has 29 heavy (non-hydrogen) atoms. The van der Waals surface area contributed by atoms with Crippen molar-refractivity contribution in [2.75, 3.05) is 4.72 Å². The van der Waals surface area contributed by atoms with Gasteiger partial charge in [-0.2, -0.15) is 0 Å². The number of anilines is 1. The van der Waals surface area contributed by atoms with Gasteiger partial charge < -0.3 is 0 Å². The zero-order chi connectivity index (χ0) is 20.4. The number of nitrogens with one attached hydrogen (secondary N) is 1. The first-order valence-electron chi connectivity index (χ1n) is 8.52. The molecule has 0 amide bonds. The Morgan fingerprint density at radius 2 is 1.55 bits per heavy atom. The molecular formula is C21H14F2N2O2S2. The topological polar surface area (TPSA) is 59.1 Å². The summed E-state index contributed by atoms with van der Waals surface area (Å²) in [6.07, 6.45) is 0. The van der Waals surface area contributed by atoms with Crippen molar-refractivity contribution < 1.29 is 17.2 Å². The molecular weight excluding hydrogens is 414 g/mol. The zero-order valence-electron chi connectivity index (χ0n) is 14.8. The van der Waals surface area contributed by atoms with E-state index in [4.69, 9.17) is 0 Å². The highest BCUT2D eigenvalue weighted by Crippen LogP contribution is 2.29. The number of aromatic nitrogens is 1. The first kappa shape index (κ1) is 19.2. The Labute approximate surface area is 170 Å². The molecule has 146 valence electrons. The molecule has 4 nitrogen and oxygen atoms in total. The van der Waals surface area contributed by atoms with Gasteiger partial charge in [0.15, 0.2) is 11.6 Å². The van der Waals surface area contributed by atoms with Gasteiger partial charge >= 0.3 is 0 Å². The molecule has 0 fully saturated rings. The van der Waals surface area contributed by atoms with E-state index in [1.807, 2.05) is 35.7 Å². The quantitative estimate of drug-likeness (QED) is 0.453. The summed E-state index contributed by atoms with van der Waals surface area (Å²) in [5.74, 6) is -2.33. The summed E-state index contributed by atoms with van der Waals surface area (Å²) in [5, 5.41) is 2.83. The minimum Gasteiger partial charge on any atom is -0.280 e. The van der Waals surface area contributed by atoms with Crippen molar-refractivity contribution in [3.8, 4) is 21.8 Å². The monoisotopic (exact) mass is 428 g/mol. The van der Waals surface area contributed by atoms with Crippen LogP contribution in [0.25, 0.3) is 21.8 Å². The van der Waals surface area contributed by atoms with Crippen LogP contribution in [-0.4, -0.2) is 13.4 Å². The van der Waals surface area contributed by atoms with Crippen molar-refractivity contribution >= 4 is 27.0 Å². The summed E-state index contributed by atoms with van der Waals surface area (Å²) < 4.78 is 53.5. The maximum absolute atomic E-state index is 13.3. The molecule has 1 N–H and O–H groups in total. The molecule has 0 aliphatic carbocycles. The van der Waals surface area contributed by atoms with E-state index >= 15 is 0 Å².